The third-order valence-corrected chi connectivity index (χ3v) is 6.92. The second kappa shape index (κ2) is 7.51. The Morgan fingerprint density at radius 1 is 1.25 bits per heavy atom. The van der Waals surface area contributed by atoms with E-state index in [0.717, 1.165) is 40.3 Å². The lowest BCUT2D eigenvalue weighted by Gasteiger charge is -2.35. The molecule has 2 fully saturated rings. The van der Waals surface area contributed by atoms with E-state index in [1.165, 1.54) is 16.7 Å². The summed E-state index contributed by atoms with van der Waals surface area (Å²) in [6, 6.07) is 3.68. The predicted molar refractivity (Wildman–Crippen MR) is 105 cm³/mol. The Balaban J connectivity index is 1.66. The number of carbonyl (C=O) groups is 3. The van der Waals surface area contributed by atoms with E-state index in [1.54, 1.807) is 19.9 Å². The van der Waals surface area contributed by atoms with Crippen molar-refractivity contribution >= 4 is 52.4 Å². The third-order valence-electron chi connectivity index (χ3n) is 5.44. The highest BCUT2D eigenvalue weighted by molar-refractivity contribution is 8.03. The Hall–Kier alpha value is -1.87. The van der Waals surface area contributed by atoms with Crippen LogP contribution in [-0.2, 0) is 14.3 Å². The molecule has 1 unspecified atom stereocenters. The molecule has 2 saturated heterocycles. The van der Waals surface area contributed by atoms with Gasteiger partial charge in [-0.2, -0.15) is 0 Å². The number of rotatable bonds is 3. The monoisotopic (exact) mass is 423 g/mol. The summed E-state index contributed by atoms with van der Waals surface area (Å²) in [6.45, 7) is 6.44. The lowest BCUT2D eigenvalue weighted by molar-refractivity contribution is -0.838. The molecule has 0 aliphatic carbocycles. The van der Waals surface area contributed by atoms with E-state index in [1.807, 2.05) is 11.0 Å². The molecule has 9 heteroatoms. The average Bonchev–Trinajstić information content (AvgIpc) is 2.65. The highest BCUT2D eigenvalue weighted by Gasteiger charge is 2.47. The number of Topliss-reactive ketones (excluding diaryl/α,β-unsaturated/α-hetero) is 1. The number of halogens is 1. The lowest BCUT2D eigenvalue weighted by Crippen LogP contribution is -3.12. The molecule has 0 radical (unpaired) electrons. The fraction of sp³-hybridized carbons (Fsp3) is 0.421. The van der Waals surface area contributed by atoms with Gasteiger partial charge < -0.3 is 9.64 Å². The van der Waals surface area contributed by atoms with Gasteiger partial charge in [0.05, 0.1) is 44.4 Å². The zero-order valence-corrected chi connectivity index (χ0v) is 17.3. The third kappa shape index (κ3) is 3.14. The minimum atomic E-state index is -0.566. The first-order chi connectivity index (χ1) is 13.4. The summed E-state index contributed by atoms with van der Waals surface area (Å²) in [5, 5.41) is 1.25. The van der Waals surface area contributed by atoms with Crippen molar-refractivity contribution in [2.24, 2.45) is 0 Å². The molecule has 28 heavy (non-hydrogen) atoms. The smallest absolute Gasteiger partial charge is 0.348 e. The van der Waals surface area contributed by atoms with Crippen LogP contribution in [0.2, 0.25) is 5.02 Å². The van der Waals surface area contributed by atoms with E-state index in [0.29, 0.717) is 23.7 Å². The van der Waals surface area contributed by atoms with Gasteiger partial charge in [0.2, 0.25) is 11.7 Å². The van der Waals surface area contributed by atoms with Crippen LogP contribution in [0.15, 0.2) is 22.7 Å². The summed E-state index contributed by atoms with van der Waals surface area (Å²) in [4.78, 5) is 40.9. The Bertz CT molecular complexity index is 909. The topological polar surface area (TPSA) is 72.6 Å². The Labute approximate surface area is 172 Å². The van der Waals surface area contributed by atoms with Gasteiger partial charge in [0.15, 0.2) is 22.0 Å². The van der Waals surface area contributed by atoms with Gasteiger partial charge >= 0.3 is 5.97 Å². The van der Waals surface area contributed by atoms with Crippen molar-refractivity contribution in [3.05, 3.63) is 33.3 Å². The maximum absolute atomic E-state index is 13.0. The molecule has 0 aromatic heterocycles. The van der Waals surface area contributed by atoms with E-state index in [-0.39, 0.29) is 23.9 Å². The van der Waals surface area contributed by atoms with E-state index >= 15 is 0 Å². The van der Waals surface area contributed by atoms with Gasteiger partial charge in [-0.05, 0) is 24.8 Å². The lowest BCUT2D eigenvalue weighted by atomic mass is 9.97. The zero-order valence-electron chi connectivity index (χ0n) is 15.8. The summed E-state index contributed by atoms with van der Waals surface area (Å²) < 4.78 is 5.08. The van der Waals surface area contributed by atoms with Gasteiger partial charge in [0.25, 0.3) is 0 Å². The second-order valence-corrected chi connectivity index (χ2v) is 8.40. The van der Waals surface area contributed by atoms with Crippen molar-refractivity contribution in [3.8, 4) is 0 Å². The first-order valence-corrected chi connectivity index (χ1v) is 10.7. The average molecular weight is 424 g/mol. The van der Waals surface area contributed by atoms with Crippen LogP contribution < -0.4 is 9.80 Å². The van der Waals surface area contributed by atoms with E-state index < -0.39 is 5.97 Å². The van der Waals surface area contributed by atoms with E-state index in [2.05, 4.69) is 0 Å². The number of piperazine rings is 1. The summed E-state index contributed by atoms with van der Waals surface area (Å²) >= 11 is 8.05. The number of hydrogen-bond donors (Lipinski definition) is 2. The summed E-state index contributed by atoms with van der Waals surface area (Å²) in [6.07, 6.45) is 0. The van der Waals surface area contributed by atoms with Crippen LogP contribution in [-0.4, -0.2) is 61.2 Å². The molecule has 3 aliphatic rings. The molecular formula is C19H22ClN3O4S+2. The molecule has 3 heterocycles. The molecule has 1 amide bonds. The highest BCUT2D eigenvalue weighted by atomic mass is 35.5. The van der Waals surface area contributed by atoms with Crippen molar-refractivity contribution in [3.63, 3.8) is 0 Å². The summed E-state index contributed by atoms with van der Waals surface area (Å²) in [5.74, 6) is -0.0367. The van der Waals surface area contributed by atoms with E-state index in [4.69, 9.17) is 16.3 Å². The molecule has 7 nitrogen and oxygen atoms in total. The quantitative estimate of drug-likeness (QED) is 0.525. The normalized spacial score (nSPS) is 21.8. The van der Waals surface area contributed by atoms with Crippen molar-refractivity contribution in [2.75, 3.05) is 38.7 Å². The van der Waals surface area contributed by atoms with Gasteiger partial charge in [-0.25, -0.2) is 4.79 Å². The number of amides is 1. The van der Waals surface area contributed by atoms with Gasteiger partial charge in [0, 0.05) is 6.92 Å². The molecule has 0 saturated carbocycles. The van der Waals surface area contributed by atoms with E-state index in [9.17, 15) is 14.4 Å². The summed E-state index contributed by atoms with van der Waals surface area (Å²) in [5.41, 5.74) is 2.41. The van der Waals surface area contributed by atoms with Crippen LogP contribution in [0.3, 0.4) is 0 Å². The summed E-state index contributed by atoms with van der Waals surface area (Å²) in [7, 11) is 0. The fourth-order valence-electron chi connectivity index (χ4n) is 3.91. The van der Waals surface area contributed by atoms with Crippen molar-refractivity contribution in [2.45, 2.75) is 13.8 Å². The van der Waals surface area contributed by atoms with Crippen LogP contribution in [0.1, 0.15) is 24.2 Å². The van der Waals surface area contributed by atoms with Crippen LogP contribution in [0.4, 0.5) is 11.4 Å². The molecule has 4 rings (SSSR count). The van der Waals surface area contributed by atoms with Gasteiger partial charge in [-0.3, -0.25) is 19.4 Å². The maximum Gasteiger partial charge on any atom is 0.348 e. The molecule has 1 aromatic rings. The molecule has 2 N–H and O–H groups in total. The number of nitrogens with one attached hydrogen (secondary N) is 2. The number of nitrogens with zero attached hydrogens (tertiary/aromatic N) is 1. The van der Waals surface area contributed by atoms with Gasteiger partial charge in [-0.15, -0.1) is 0 Å². The maximum atomic E-state index is 13.0. The molecule has 0 spiro atoms. The number of carbonyl (C=O) groups excluding carboxylic acids is 3. The highest BCUT2D eigenvalue weighted by Crippen LogP contribution is 2.36. The zero-order chi connectivity index (χ0) is 20.0. The molecule has 1 atom stereocenters. The SMILES string of the molecule is CCOC(=O)C1=C2SC[NH+]2c2cc([NH+]3CCN(C(C)=O)CC3)c(Cl)cc2C1=O. The first kappa shape index (κ1) is 19.4. The molecular weight excluding hydrogens is 402 g/mol. The Morgan fingerprint density at radius 2 is 1.96 bits per heavy atom. The Kier molecular flexibility index (Phi) is 5.22. The number of quaternary nitrogens is 2. The second-order valence-electron chi connectivity index (χ2n) is 7.01. The molecule has 148 valence electrons. The molecule has 0 bridgehead atoms. The number of esters is 1. The van der Waals surface area contributed by atoms with Gasteiger partial charge in [0.1, 0.15) is 10.9 Å². The standard InChI is InChI=1S/C19H20ClN3O4S/c1-3-27-19(26)16-17(25)12-8-13(20)15(9-14(12)23-10-28-18(16)23)22-6-4-21(5-7-22)11(2)24/h8-9H,3-7,10H2,1-2H3/p+2. The minimum Gasteiger partial charge on any atom is -0.462 e. The number of ketones is 1. The fourth-order valence-corrected chi connectivity index (χ4v) is 5.22. The number of hydrogen-bond acceptors (Lipinski definition) is 5. The van der Waals surface area contributed by atoms with Crippen LogP contribution in [0, 0.1) is 0 Å². The minimum absolute atomic E-state index is 0.0875. The number of benzene rings is 1. The van der Waals surface area contributed by atoms with Crippen molar-refractivity contribution in [1.82, 2.24) is 4.90 Å². The Morgan fingerprint density at radius 3 is 2.54 bits per heavy atom. The number of ether oxygens (including phenoxy) is 1. The van der Waals surface area contributed by atoms with Crippen LogP contribution in [0.5, 0.6) is 0 Å². The first-order valence-electron chi connectivity index (χ1n) is 9.32. The van der Waals surface area contributed by atoms with Crippen LogP contribution in [0.25, 0.3) is 0 Å². The molecule has 1 aromatic carbocycles. The van der Waals surface area contributed by atoms with Crippen molar-refractivity contribution in [1.29, 1.82) is 0 Å². The number of fused-ring (bicyclic) bond motifs is 3. The van der Waals surface area contributed by atoms with Gasteiger partial charge in [-0.1, -0.05) is 11.6 Å². The van der Waals surface area contributed by atoms with Crippen molar-refractivity contribution < 1.29 is 28.9 Å². The molecule has 3 aliphatic heterocycles. The largest absolute Gasteiger partial charge is 0.462 e. The predicted octanol–water partition coefficient (Wildman–Crippen LogP) is -0.0898. The van der Waals surface area contributed by atoms with Crippen LogP contribution >= 0.6 is 23.4 Å². The number of thioether (sulfide) groups is 1.